The Kier molecular flexibility index (Phi) is 3.81. The van der Waals surface area contributed by atoms with E-state index in [4.69, 9.17) is 10.5 Å². The molecule has 0 amide bonds. The van der Waals surface area contributed by atoms with Gasteiger partial charge in [0.25, 0.3) is 0 Å². The van der Waals surface area contributed by atoms with Crippen molar-refractivity contribution in [2.45, 2.75) is 18.2 Å². The molecule has 96 valence electrons. The maximum absolute atomic E-state index is 5.65. The zero-order valence-corrected chi connectivity index (χ0v) is 11.6. The topological polar surface area (TPSA) is 63.9 Å². The van der Waals surface area contributed by atoms with E-state index in [-0.39, 0.29) is 0 Å². The number of anilines is 1. The Morgan fingerprint density at radius 3 is 2.67 bits per heavy atom. The Morgan fingerprint density at radius 1 is 1.39 bits per heavy atom. The average molecular weight is 263 g/mol. The summed E-state index contributed by atoms with van der Waals surface area (Å²) in [7, 11) is 1.69. The number of rotatable bonds is 4. The van der Waals surface area contributed by atoms with E-state index in [0.717, 1.165) is 23.4 Å². The summed E-state index contributed by atoms with van der Waals surface area (Å²) in [4.78, 5) is 1.19. The molecule has 0 saturated heterocycles. The van der Waals surface area contributed by atoms with Crippen LogP contribution >= 0.6 is 11.8 Å². The van der Waals surface area contributed by atoms with Gasteiger partial charge in [0.05, 0.1) is 12.8 Å². The van der Waals surface area contributed by atoms with Crippen LogP contribution in [0.5, 0.6) is 5.75 Å². The third kappa shape index (κ3) is 2.31. The van der Waals surface area contributed by atoms with Gasteiger partial charge in [-0.15, -0.1) is 11.8 Å². The molecule has 0 saturated carbocycles. The van der Waals surface area contributed by atoms with E-state index < -0.39 is 0 Å². The molecule has 1 heterocycles. The van der Waals surface area contributed by atoms with Crippen LogP contribution in [0.25, 0.3) is 11.3 Å². The molecule has 0 aliphatic carbocycles. The van der Waals surface area contributed by atoms with Crippen LogP contribution in [0, 0.1) is 0 Å². The number of methoxy groups -OCH3 is 1. The van der Waals surface area contributed by atoms with Gasteiger partial charge in [0, 0.05) is 16.5 Å². The number of nitrogens with zero attached hydrogens (tertiary/aromatic N) is 1. The van der Waals surface area contributed by atoms with Crippen molar-refractivity contribution in [3.05, 3.63) is 23.8 Å². The van der Waals surface area contributed by atoms with Crippen LogP contribution in [0.4, 0.5) is 5.82 Å². The maximum Gasteiger partial charge on any atom is 0.145 e. The molecule has 0 bridgehead atoms. The minimum absolute atomic E-state index is 0.496. The van der Waals surface area contributed by atoms with Crippen LogP contribution in [0.3, 0.4) is 0 Å². The van der Waals surface area contributed by atoms with Crippen molar-refractivity contribution < 1.29 is 4.74 Å². The Morgan fingerprint density at radius 2 is 2.17 bits per heavy atom. The number of hydrogen-bond donors (Lipinski definition) is 2. The minimum Gasteiger partial charge on any atom is -0.496 e. The highest BCUT2D eigenvalue weighted by molar-refractivity contribution is 7.98. The van der Waals surface area contributed by atoms with Gasteiger partial charge in [-0.1, -0.05) is 6.92 Å². The van der Waals surface area contributed by atoms with E-state index in [1.54, 1.807) is 18.9 Å². The Hall–Kier alpha value is -1.62. The van der Waals surface area contributed by atoms with Gasteiger partial charge >= 0.3 is 0 Å². The lowest BCUT2D eigenvalue weighted by molar-refractivity contribution is 0.410. The number of thioether (sulfide) groups is 1. The van der Waals surface area contributed by atoms with Crippen LogP contribution in [-0.2, 0) is 6.42 Å². The molecular formula is C13H17N3OS. The van der Waals surface area contributed by atoms with Crippen LogP contribution in [0.15, 0.2) is 23.1 Å². The fourth-order valence-corrected chi connectivity index (χ4v) is 2.57. The van der Waals surface area contributed by atoms with Gasteiger partial charge in [-0.3, -0.25) is 5.10 Å². The quantitative estimate of drug-likeness (QED) is 0.832. The van der Waals surface area contributed by atoms with Gasteiger partial charge in [-0.05, 0) is 30.4 Å². The molecule has 0 aliphatic heterocycles. The standard InChI is InChI=1S/C13H17N3OS/c1-4-8-5-12(18-3)9(6-11(8)17-2)10-7-13(14)16-15-10/h5-7H,4H2,1-3H3,(H3,14,15,16). The van der Waals surface area contributed by atoms with Crippen molar-refractivity contribution in [1.29, 1.82) is 0 Å². The first-order valence-corrected chi connectivity index (χ1v) is 6.98. The summed E-state index contributed by atoms with van der Waals surface area (Å²) < 4.78 is 5.43. The summed E-state index contributed by atoms with van der Waals surface area (Å²) in [6.45, 7) is 2.12. The number of ether oxygens (including phenoxy) is 1. The molecule has 3 N–H and O–H groups in total. The number of hydrogen-bond acceptors (Lipinski definition) is 4. The third-order valence-corrected chi connectivity index (χ3v) is 3.65. The predicted molar refractivity (Wildman–Crippen MR) is 76.1 cm³/mol. The van der Waals surface area contributed by atoms with Gasteiger partial charge in [0.15, 0.2) is 0 Å². The summed E-state index contributed by atoms with van der Waals surface area (Å²) in [5.74, 6) is 1.40. The minimum atomic E-state index is 0.496. The molecule has 18 heavy (non-hydrogen) atoms. The van der Waals surface area contributed by atoms with Crippen molar-refractivity contribution >= 4 is 17.6 Å². The summed E-state index contributed by atoms with van der Waals surface area (Å²) in [5, 5.41) is 6.91. The number of aromatic amines is 1. The SMILES string of the molecule is CCc1cc(SC)c(-c2cc(N)n[nH]2)cc1OC. The molecule has 4 nitrogen and oxygen atoms in total. The molecule has 2 rings (SSSR count). The summed E-state index contributed by atoms with van der Waals surface area (Å²) in [5.41, 5.74) is 8.85. The van der Waals surface area contributed by atoms with E-state index in [1.807, 2.05) is 12.1 Å². The summed E-state index contributed by atoms with van der Waals surface area (Å²) in [6, 6.07) is 6.04. The summed E-state index contributed by atoms with van der Waals surface area (Å²) >= 11 is 1.70. The molecule has 5 heteroatoms. The molecule has 0 radical (unpaired) electrons. The van der Waals surface area contributed by atoms with Crippen LogP contribution in [-0.4, -0.2) is 23.6 Å². The second-order valence-electron chi connectivity index (χ2n) is 3.92. The fraction of sp³-hybridized carbons (Fsp3) is 0.308. The van der Waals surface area contributed by atoms with Crippen molar-refractivity contribution in [2.24, 2.45) is 0 Å². The number of nitrogens with two attached hydrogens (primary N) is 1. The Labute approximate surface area is 111 Å². The van der Waals surface area contributed by atoms with Crippen LogP contribution in [0.2, 0.25) is 0 Å². The maximum atomic E-state index is 5.65. The number of aromatic nitrogens is 2. The number of nitrogens with one attached hydrogen (secondary N) is 1. The van der Waals surface area contributed by atoms with Gasteiger partial charge in [-0.25, -0.2) is 0 Å². The molecule has 0 aliphatic rings. The molecule has 0 fully saturated rings. The second kappa shape index (κ2) is 5.35. The van der Waals surface area contributed by atoms with Crippen molar-refractivity contribution in [2.75, 3.05) is 19.1 Å². The van der Waals surface area contributed by atoms with Crippen molar-refractivity contribution in [1.82, 2.24) is 10.2 Å². The van der Waals surface area contributed by atoms with Gasteiger partial charge in [-0.2, -0.15) is 5.10 Å². The van der Waals surface area contributed by atoms with E-state index >= 15 is 0 Å². The smallest absolute Gasteiger partial charge is 0.145 e. The lowest BCUT2D eigenvalue weighted by Gasteiger charge is -2.12. The highest BCUT2D eigenvalue weighted by Crippen LogP contribution is 2.35. The van der Waals surface area contributed by atoms with Crippen molar-refractivity contribution in [3.8, 4) is 17.0 Å². The number of H-pyrrole nitrogens is 1. The number of nitrogen functional groups attached to an aromatic ring is 1. The first kappa shape index (κ1) is 12.8. The van der Waals surface area contributed by atoms with Crippen molar-refractivity contribution in [3.63, 3.8) is 0 Å². The van der Waals surface area contributed by atoms with Gasteiger partial charge in [0.1, 0.15) is 11.6 Å². The van der Waals surface area contributed by atoms with Crippen LogP contribution < -0.4 is 10.5 Å². The van der Waals surface area contributed by atoms with E-state index in [9.17, 15) is 0 Å². The largest absolute Gasteiger partial charge is 0.496 e. The highest BCUT2D eigenvalue weighted by Gasteiger charge is 2.12. The van der Waals surface area contributed by atoms with E-state index in [1.165, 1.54) is 10.5 Å². The fourth-order valence-electron chi connectivity index (χ4n) is 1.92. The number of benzene rings is 1. The molecule has 1 aromatic heterocycles. The third-order valence-electron chi connectivity index (χ3n) is 2.87. The van der Waals surface area contributed by atoms with Crippen LogP contribution in [0.1, 0.15) is 12.5 Å². The highest BCUT2D eigenvalue weighted by atomic mass is 32.2. The normalized spacial score (nSPS) is 10.6. The van der Waals surface area contributed by atoms with Gasteiger partial charge < -0.3 is 10.5 Å². The Bertz CT molecular complexity index is 551. The average Bonchev–Trinajstić information content (AvgIpc) is 2.83. The molecule has 0 spiro atoms. The zero-order chi connectivity index (χ0) is 13.1. The predicted octanol–water partition coefficient (Wildman–Crippen LogP) is 2.95. The molecule has 0 atom stereocenters. The van der Waals surface area contributed by atoms with Gasteiger partial charge in [0.2, 0.25) is 0 Å². The Balaban J connectivity index is 2.58. The van der Waals surface area contributed by atoms with E-state index in [0.29, 0.717) is 5.82 Å². The number of aryl methyl sites for hydroxylation is 1. The first-order valence-electron chi connectivity index (χ1n) is 5.75. The first-order chi connectivity index (χ1) is 8.69. The zero-order valence-electron chi connectivity index (χ0n) is 10.8. The van der Waals surface area contributed by atoms with E-state index in [2.05, 4.69) is 29.4 Å². The molecular weight excluding hydrogens is 246 g/mol. The molecule has 1 aromatic carbocycles. The lowest BCUT2D eigenvalue weighted by atomic mass is 10.1. The second-order valence-corrected chi connectivity index (χ2v) is 4.77. The summed E-state index contributed by atoms with van der Waals surface area (Å²) in [6.07, 6.45) is 3.01. The lowest BCUT2D eigenvalue weighted by Crippen LogP contribution is -1.93. The molecule has 2 aromatic rings. The molecule has 0 unspecified atom stereocenters. The monoisotopic (exact) mass is 263 g/mol.